The van der Waals surface area contributed by atoms with E-state index in [2.05, 4.69) is 5.32 Å². The standard InChI is InChI=1S/C30H37N3O5S2/c1-21(2)31-30(35)23(4)32(19-24-9-13-26(38-5)14-10-24)29(34)20-33(25-11-7-22(3)8-12-25)40(36,37)28-17-15-27(39-6)16-18-28/h7-18,21,23H,19-20H2,1-6H3,(H,31,35)/t23-/m1/s1. The Hall–Kier alpha value is -3.50. The highest BCUT2D eigenvalue weighted by Crippen LogP contribution is 2.26. The van der Waals surface area contributed by atoms with Gasteiger partial charge in [-0.15, -0.1) is 11.8 Å². The summed E-state index contributed by atoms with van der Waals surface area (Å²) in [6.45, 7) is 6.86. The summed E-state index contributed by atoms with van der Waals surface area (Å²) < 4.78 is 34.2. The predicted molar refractivity (Wildman–Crippen MR) is 160 cm³/mol. The van der Waals surface area contributed by atoms with Crippen LogP contribution in [0.5, 0.6) is 5.75 Å². The number of sulfonamides is 1. The van der Waals surface area contributed by atoms with Gasteiger partial charge in [-0.05, 0) is 88.0 Å². The van der Waals surface area contributed by atoms with Crippen LogP contribution in [0.15, 0.2) is 82.6 Å². The second-order valence-corrected chi connectivity index (χ2v) is 12.5. The molecule has 0 saturated heterocycles. The van der Waals surface area contributed by atoms with Crippen molar-refractivity contribution in [2.75, 3.05) is 24.2 Å². The van der Waals surface area contributed by atoms with E-state index in [9.17, 15) is 18.0 Å². The summed E-state index contributed by atoms with van der Waals surface area (Å²) in [7, 11) is -2.54. The molecule has 0 unspecified atom stereocenters. The number of nitrogens with zero attached hydrogens (tertiary/aromatic N) is 2. The minimum atomic E-state index is -4.11. The Balaban J connectivity index is 2.01. The third-order valence-electron chi connectivity index (χ3n) is 6.36. The quantitative estimate of drug-likeness (QED) is 0.306. The maximum Gasteiger partial charge on any atom is 0.264 e. The summed E-state index contributed by atoms with van der Waals surface area (Å²) in [5.74, 6) is -0.169. The van der Waals surface area contributed by atoms with Crippen molar-refractivity contribution in [1.82, 2.24) is 10.2 Å². The molecule has 0 radical (unpaired) electrons. The monoisotopic (exact) mass is 583 g/mol. The van der Waals surface area contributed by atoms with Crippen LogP contribution in [0.2, 0.25) is 0 Å². The SMILES string of the molecule is COc1ccc(CN(C(=O)CN(c2ccc(C)cc2)S(=O)(=O)c2ccc(SC)cc2)[C@H](C)C(=O)NC(C)C)cc1. The Morgan fingerprint density at radius 1 is 0.925 bits per heavy atom. The molecule has 0 fully saturated rings. The molecule has 3 aromatic rings. The van der Waals surface area contributed by atoms with Crippen LogP contribution in [-0.2, 0) is 26.2 Å². The number of anilines is 1. The fraction of sp³-hybridized carbons (Fsp3) is 0.333. The van der Waals surface area contributed by atoms with Crippen LogP contribution in [0.3, 0.4) is 0 Å². The molecule has 0 heterocycles. The lowest BCUT2D eigenvalue weighted by molar-refractivity contribution is -0.139. The van der Waals surface area contributed by atoms with Crippen molar-refractivity contribution in [2.45, 2.75) is 56.1 Å². The van der Waals surface area contributed by atoms with E-state index in [-0.39, 0.29) is 23.4 Å². The minimum absolute atomic E-state index is 0.0750. The van der Waals surface area contributed by atoms with Gasteiger partial charge in [0.15, 0.2) is 0 Å². The zero-order chi connectivity index (χ0) is 29.4. The third kappa shape index (κ3) is 7.79. The number of hydrogen-bond donors (Lipinski definition) is 1. The maximum atomic E-state index is 13.9. The van der Waals surface area contributed by atoms with Gasteiger partial charge in [-0.2, -0.15) is 0 Å². The Bertz CT molecular complexity index is 1390. The van der Waals surface area contributed by atoms with Gasteiger partial charge in [0.1, 0.15) is 18.3 Å². The topological polar surface area (TPSA) is 96.0 Å². The van der Waals surface area contributed by atoms with E-state index in [0.717, 1.165) is 20.3 Å². The largest absolute Gasteiger partial charge is 0.497 e. The lowest BCUT2D eigenvalue weighted by atomic mass is 10.1. The van der Waals surface area contributed by atoms with Crippen LogP contribution >= 0.6 is 11.8 Å². The van der Waals surface area contributed by atoms with Crippen molar-refractivity contribution in [2.24, 2.45) is 0 Å². The maximum absolute atomic E-state index is 13.9. The Kier molecular flexibility index (Phi) is 10.6. The molecule has 1 N–H and O–H groups in total. The molecule has 8 nitrogen and oxygen atoms in total. The van der Waals surface area contributed by atoms with Gasteiger partial charge in [0.05, 0.1) is 17.7 Å². The molecule has 0 aliphatic carbocycles. The molecule has 1 atom stereocenters. The van der Waals surface area contributed by atoms with Gasteiger partial charge in [-0.1, -0.05) is 29.8 Å². The van der Waals surface area contributed by atoms with Crippen molar-refractivity contribution >= 4 is 39.3 Å². The first-order valence-electron chi connectivity index (χ1n) is 12.9. The second-order valence-electron chi connectivity index (χ2n) is 9.73. The number of carbonyl (C=O) groups excluding carboxylic acids is 2. The molecule has 0 aliphatic rings. The average Bonchev–Trinajstić information content (AvgIpc) is 2.94. The number of hydrogen-bond acceptors (Lipinski definition) is 6. The van der Waals surface area contributed by atoms with Gasteiger partial charge in [-0.25, -0.2) is 8.42 Å². The summed E-state index contributed by atoms with van der Waals surface area (Å²) in [6, 6.07) is 19.7. The minimum Gasteiger partial charge on any atom is -0.497 e. The molecule has 10 heteroatoms. The van der Waals surface area contributed by atoms with Gasteiger partial charge < -0.3 is 15.0 Å². The summed E-state index contributed by atoms with van der Waals surface area (Å²) in [6.07, 6.45) is 1.91. The average molecular weight is 584 g/mol. The zero-order valence-corrected chi connectivity index (χ0v) is 25.4. The molecule has 2 amide bonds. The third-order valence-corrected chi connectivity index (χ3v) is 8.89. The highest BCUT2D eigenvalue weighted by molar-refractivity contribution is 7.98. The molecule has 3 aromatic carbocycles. The molecule has 3 rings (SSSR count). The number of thioether (sulfide) groups is 1. The van der Waals surface area contributed by atoms with Crippen LogP contribution < -0.4 is 14.4 Å². The number of aryl methyl sites for hydroxylation is 1. The molecule has 0 aromatic heterocycles. The van der Waals surface area contributed by atoms with Gasteiger partial charge >= 0.3 is 0 Å². The number of carbonyl (C=O) groups is 2. The van der Waals surface area contributed by atoms with Gasteiger partial charge in [0.2, 0.25) is 11.8 Å². The van der Waals surface area contributed by atoms with E-state index in [4.69, 9.17) is 4.74 Å². The summed E-state index contributed by atoms with van der Waals surface area (Å²) in [5.41, 5.74) is 2.09. The van der Waals surface area contributed by atoms with Crippen LogP contribution in [0.4, 0.5) is 5.69 Å². The van der Waals surface area contributed by atoms with Gasteiger partial charge in [-0.3, -0.25) is 13.9 Å². The smallest absolute Gasteiger partial charge is 0.264 e. The van der Waals surface area contributed by atoms with Crippen molar-refractivity contribution in [3.05, 3.63) is 83.9 Å². The van der Waals surface area contributed by atoms with Crippen molar-refractivity contribution < 1.29 is 22.7 Å². The molecule has 0 bridgehead atoms. The first-order chi connectivity index (χ1) is 19.0. The van der Waals surface area contributed by atoms with E-state index in [1.165, 1.54) is 16.7 Å². The Morgan fingerprint density at radius 3 is 2.05 bits per heavy atom. The molecular weight excluding hydrogens is 546 g/mol. The van der Waals surface area contributed by atoms with Crippen LogP contribution in [-0.4, -0.2) is 57.1 Å². The summed E-state index contributed by atoms with van der Waals surface area (Å²) in [5, 5.41) is 2.85. The summed E-state index contributed by atoms with van der Waals surface area (Å²) >= 11 is 1.51. The Morgan fingerprint density at radius 2 is 1.52 bits per heavy atom. The fourth-order valence-electron chi connectivity index (χ4n) is 4.03. The lowest BCUT2D eigenvalue weighted by Gasteiger charge is -2.32. The van der Waals surface area contributed by atoms with Crippen LogP contribution in [0.25, 0.3) is 0 Å². The van der Waals surface area contributed by atoms with E-state index in [1.54, 1.807) is 74.7 Å². The molecular formula is C30H37N3O5S2. The number of amides is 2. The van der Waals surface area contributed by atoms with E-state index < -0.39 is 28.5 Å². The van der Waals surface area contributed by atoms with Crippen molar-refractivity contribution in [1.29, 1.82) is 0 Å². The highest BCUT2D eigenvalue weighted by atomic mass is 32.2. The normalized spacial score (nSPS) is 12.1. The van der Waals surface area contributed by atoms with Crippen molar-refractivity contribution in [3.8, 4) is 5.75 Å². The number of ether oxygens (including phenoxy) is 1. The number of nitrogens with one attached hydrogen (secondary N) is 1. The highest BCUT2D eigenvalue weighted by Gasteiger charge is 2.32. The molecule has 214 valence electrons. The second kappa shape index (κ2) is 13.7. The lowest BCUT2D eigenvalue weighted by Crippen LogP contribution is -2.52. The van der Waals surface area contributed by atoms with Gasteiger partial charge in [0, 0.05) is 17.5 Å². The Labute approximate surface area is 241 Å². The molecule has 0 aliphatic heterocycles. The zero-order valence-electron chi connectivity index (χ0n) is 23.7. The van der Waals surface area contributed by atoms with Crippen LogP contribution in [0, 0.1) is 6.92 Å². The number of rotatable bonds is 12. The predicted octanol–water partition coefficient (Wildman–Crippen LogP) is 4.86. The van der Waals surface area contributed by atoms with E-state index in [0.29, 0.717) is 11.4 Å². The number of benzene rings is 3. The molecule has 0 saturated carbocycles. The number of methoxy groups -OCH3 is 1. The van der Waals surface area contributed by atoms with Crippen molar-refractivity contribution in [3.63, 3.8) is 0 Å². The molecule has 0 spiro atoms. The fourth-order valence-corrected chi connectivity index (χ4v) is 5.85. The van der Waals surface area contributed by atoms with E-state index in [1.807, 2.05) is 39.2 Å². The first-order valence-corrected chi connectivity index (χ1v) is 15.6. The van der Waals surface area contributed by atoms with Crippen LogP contribution in [0.1, 0.15) is 31.9 Å². The van der Waals surface area contributed by atoms with E-state index >= 15 is 0 Å². The van der Waals surface area contributed by atoms with Gasteiger partial charge in [0.25, 0.3) is 10.0 Å². The molecule has 40 heavy (non-hydrogen) atoms. The summed E-state index contributed by atoms with van der Waals surface area (Å²) in [4.78, 5) is 29.4. The first kappa shape index (κ1) is 31.0.